The summed E-state index contributed by atoms with van der Waals surface area (Å²) in [6.07, 6.45) is 2.42. The number of fused-ring (bicyclic) bond motifs is 5. The van der Waals surface area contributed by atoms with Crippen LogP contribution in [0.25, 0.3) is 0 Å². The van der Waals surface area contributed by atoms with Crippen LogP contribution in [-0.4, -0.2) is 214 Å². The van der Waals surface area contributed by atoms with Crippen LogP contribution in [-0.2, 0) is 38.4 Å². The molecule has 4 unspecified atom stereocenters. The fraction of sp³-hybridized carbons (Fsp3) is 0.840. The van der Waals surface area contributed by atoms with Gasteiger partial charge in [0.25, 0.3) is 0 Å². The maximum Gasteiger partial charge on any atom is 3.00 e. The molecule has 25 nitrogen and oxygen atoms in total. The van der Waals surface area contributed by atoms with Gasteiger partial charge >= 0.3 is 45.9 Å². The maximum atomic E-state index is 14.0. The predicted octanol–water partition coefficient (Wildman–Crippen LogP) is -9.49. The SMILES string of the molecule is CC(CCC(=O)[O-])[C@H]1CCC2C3CC[C@@H]4C[C@@H](N(CC(=O)O)C(=O)CC[C@@H](C(=O)[O-])N(CCN(CC(=O)[O-])CC(=O)[O-])CCN(CC(=O)[O-])CC(=O)[O-])CC[C@]4(C)C3CC[C@@]21C.C[NH2+]C[C@H](O)[C@@H](O)[C@H](O)[C@H](O)CO.[Gd+3]. The minimum Gasteiger partial charge on any atom is -0.550 e. The van der Waals surface area contributed by atoms with Crippen LogP contribution >= 0.6 is 0 Å². The van der Waals surface area contributed by atoms with E-state index in [1.54, 1.807) is 12.4 Å². The Hall–Kier alpha value is -3.28. The van der Waals surface area contributed by atoms with Crippen molar-refractivity contribution < 1.29 is 145 Å². The number of aliphatic carboxylic acids is 7. The molecule has 0 aromatic rings. The molecule has 8 N–H and O–H groups in total. The van der Waals surface area contributed by atoms with Gasteiger partial charge < -0.3 is 100 Å². The molecule has 4 aliphatic rings. The average molecular weight is 1230 g/mol. The molecule has 4 fully saturated rings. The number of likely N-dealkylation sites (N-methyl/N-ethyl adjacent to an activating group) is 1. The third-order valence-electron chi connectivity index (χ3n) is 17.2. The van der Waals surface area contributed by atoms with Crippen molar-refractivity contribution in [2.75, 3.05) is 79.1 Å². The Morgan fingerprint density at radius 1 is 0.632 bits per heavy atom. The molecule has 0 bridgehead atoms. The number of carbonyl (C=O) groups is 8. The summed E-state index contributed by atoms with van der Waals surface area (Å²) < 4.78 is 0. The van der Waals surface area contributed by atoms with Gasteiger partial charge in [-0.2, -0.15) is 0 Å². The van der Waals surface area contributed by atoms with Crippen LogP contribution < -0.4 is 36.0 Å². The molecule has 435 valence electrons. The number of aliphatic hydroxyl groups excluding tert-OH is 5. The summed E-state index contributed by atoms with van der Waals surface area (Å²) in [6, 6.07) is -2.04. The van der Waals surface area contributed by atoms with Crippen LogP contribution in [0.4, 0.5) is 0 Å². The molecule has 0 heterocycles. The Balaban J connectivity index is 0.00000124. The average Bonchev–Trinajstić information content (AvgIpc) is 3.68. The summed E-state index contributed by atoms with van der Waals surface area (Å²) in [5, 5.41) is 126. The molecule has 4 rings (SSSR count). The van der Waals surface area contributed by atoms with E-state index in [9.17, 15) is 84.3 Å². The van der Waals surface area contributed by atoms with E-state index in [0.29, 0.717) is 42.9 Å². The topological polar surface area (TPSA) is 426 Å². The van der Waals surface area contributed by atoms with E-state index in [2.05, 4.69) is 20.8 Å². The van der Waals surface area contributed by atoms with E-state index < -0.39 is 136 Å². The summed E-state index contributed by atoms with van der Waals surface area (Å²) in [7, 11) is 1.70. The quantitative estimate of drug-likeness (QED) is 0.0329. The summed E-state index contributed by atoms with van der Waals surface area (Å²) in [5.74, 6) is -8.62. The fourth-order valence-electron chi connectivity index (χ4n) is 13.5. The first-order valence-corrected chi connectivity index (χ1v) is 26.1. The summed E-state index contributed by atoms with van der Waals surface area (Å²) in [5.41, 5.74) is 0.105. The number of nitrogens with zero attached hydrogens (tertiary/aromatic N) is 4. The van der Waals surface area contributed by atoms with Crippen molar-refractivity contribution in [1.82, 2.24) is 19.6 Å². The van der Waals surface area contributed by atoms with Gasteiger partial charge in [-0.3, -0.25) is 24.3 Å². The zero-order valence-corrected chi connectivity index (χ0v) is 46.3. The van der Waals surface area contributed by atoms with E-state index >= 15 is 0 Å². The van der Waals surface area contributed by atoms with Gasteiger partial charge in [0.2, 0.25) is 5.91 Å². The molecule has 1 radical (unpaired) electrons. The van der Waals surface area contributed by atoms with Crippen LogP contribution in [0, 0.1) is 86.3 Å². The van der Waals surface area contributed by atoms with Crippen LogP contribution in [0.1, 0.15) is 104 Å². The minimum absolute atomic E-state index is 0. The molecule has 0 aromatic heterocycles. The number of aliphatic hydroxyl groups is 5. The van der Waals surface area contributed by atoms with Crippen LogP contribution in [0.3, 0.4) is 0 Å². The minimum atomic E-state index is -1.69. The monoisotopic (exact) mass is 1230 g/mol. The molecule has 4 saturated carbocycles. The van der Waals surface area contributed by atoms with Gasteiger partial charge in [-0.15, -0.1) is 0 Å². The molecular weight excluding hydrogens is 1150 g/mol. The van der Waals surface area contributed by atoms with E-state index in [1.807, 2.05) is 0 Å². The second-order valence-corrected chi connectivity index (χ2v) is 21.9. The van der Waals surface area contributed by atoms with Gasteiger partial charge in [0.05, 0.1) is 43.5 Å². The zero-order valence-electron chi connectivity index (χ0n) is 44.0. The van der Waals surface area contributed by atoms with Crippen molar-refractivity contribution >= 4 is 47.7 Å². The van der Waals surface area contributed by atoms with Crippen LogP contribution in [0.15, 0.2) is 0 Å². The van der Waals surface area contributed by atoms with E-state index in [1.165, 1.54) is 9.80 Å². The van der Waals surface area contributed by atoms with E-state index in [-0.39, 0.29) is 102 Å². The second kappa shape index (κ2) is 32.1. The normalized spacial score (nSPS) is 27.2. The largest absolute Gasteiger partial charge is 3.00 e. The Kier molecular flexibility index (Phi) is 29.1. The molecule has 26 heteroatoms. The van der Waals surface area contributed by atoms with Crippen molar-refractivity contribution in [3.05, 3.63) is 0 Å². The third-order valence-corrected chi connectivity index (χ3v) is 17.2. The maximum absolute atomic E-state index is 14.0. The Morgan fingerprint density at radius 2 is 1.14 bits per heavy atom. The third kappa shape index (κ3) is 19.8. The molecule has 1 amide bonds. The molecule has 0 saturated heterocycles. The number of hydrogen-bond acceptors (Lipinski definition) is 22. The van der Waals surface area contributed by atoms with Crippen molar-refractivity contribution in [2.24, 2.45) is 46.3 Å². The van der Waals surface area contributed by atoms with Crippen molar-refractivity contribution in [1.29, 1.82) is 0 Å². The van der Waals surface area contributed by atoms with Crippen molar-refractivity contribution in [3.63, 3.8) is 0 Å². The first kappa shape index (κ1) is 68.8. The summed E-state index contributed by atoms with van der Waals surface area (Å²) in [4.78, 5) is 99.6. The van der Waals surface area contributed by atoms with Gasteiger partial charge in [0.1, 0.15) is 37.5 Å². The van der Waals surface area contributed by atoms with Gasteiger partial charge in [0, 0.05) is 76.8 Å². The standard InChI is InChI=1S/C43H68N4O15.C7H17NO5.Gd/c1-26(4-11-35(49)50)30-7-8-31-29-6-5-27-20-28(12-14-42(27,2)32(29)13-15-43(30,31)3)47(25-40(59)60)34(48)10-9-33(41(61)62)46(18-16-44(21-36(51)52)22-37(53)54)19-17-45(23-38(55)56)24-39(57)58;1-8-2-4(10)6(12)7(13)5(11)3-9;/h26-33H,4-25H2,1-3H3,(H,49,50)(H,51,52)(H,53,54)(H,55,56)(H,57,58)(H,59,60)(H,61,62);4-13H,2-3H2,1H3;/q;;+3/p-5/t26?,27-,28+,29?,30-,31?,32?,33+,42+,43-;4-,5+,6+,7+;/m10./s1. The van der Waals surface area contributed by atoms with Gasteiger partial charge in [0.15, 0.2) is 0 Å². The number of carboxylic acid groups (broad SMARTS) is 7. The summed E-state index contributed by atoms with van der Waals surface area (Å²) in [6.45, 7) is 0.953. The Labute approximate surface area is 475 Å². The summed E-state index contributed by atoms with van der Waals surface area (Å²) >= 11 is 0. The van der Waals surface area contributed by atoms with Gasteiger partial charge in [-0.05, 0) is 123 Å². The molecular formula is C50H80GdN5O20-2. The number of carbonyl (C=O) groups excluding carboxylic acids is 7. The van der Waals surface area contributed by atoms with Crippen LogP contribution in [0.2, 0.25) is 0 Å². The van der Waals surface area contributed by atoms with E-state index in [0.717, 1.165) is 54.7 Å². The Morgan fingerprint density at radius 3 is 1.62 bits per heavy atom. The Bertz CT molecular complexity index is 1870. The smallest absolute Gasteiger partial charge is 0.550 e. The molecule has 0 aromatic carbocycles. The number of quaternary nitrogens is 1. The number of hydrogen-bond donors (Lipinski definition) is 7. The first-order chi connectivity index (χ1) is 35.1. The van der Waals surface area contributed by atoms with Gasteiger partial charge in [-0.1, -0.05) is 20.8 Å². The molecule has 0 spiro atoms. The van der Waals surface area contributed by atoms with Crippen molar-refractivity contribution in [3.8, 4) is 0 Å². The first-order valence-electron chi connectivity index (χ1n) is 26.1. The number of carboxylic acids is 7. The molecule has 76 heavy (non-hydrogen) atoms. The zero-order chi connectivity index (χ0) is 56.5. The number of nitrogens with two attached hydrogens (primary N) is 1. The van der Waals surface area contributed by atoms with Crippen molar-refractivity contribution in [2.45, 2.75) is 141 Å². The van der Waals surface area contributed by atoms with Gasteiger partial charge in [-0.25, -0.2) is 0 Å². The number of rotatable bonds is 32. The molecule has 14 atom stereocenters. The van der Waals surface area contributed by atoms with E-state index in [4.69, 9.17) is 15.3 Å². The predicted molar refractivity (Wildman–Crippen MR) is 248 cm³/mol. The number of amides is 1. The second-order valence-electron chi connectivity index (χ2n) is 21.9. The van der Waals surface area contributed by atoms with Crippen LogP contribution in [0.5, 0.6) is 0 Å². The fourth-order valence-corrected chi connectivity index (χ4v) is 13.5. The molecule has 0 aliphatic heterocycles. The molecule has 4 aliphatic carbocycles.